The number of rotatable bonds is 11. The van der Waals surface area contributed by atoms with E-state index in [0.29, 0.717) is 24.0 Å². The van der Waals surface area contributed by atoms with Crippen LogP contribution in [0.25, 0.3) is 0 Å². The lowest BCUT2D eigenvalue weighted by atomic mass is 10.1. The number of carbonyl (C=O) groups excluding carboxylic acids is 1. The molecule has 1 amide bonds. The molecule has 0 saturated heterocycles. The highest BCUT2D eigenvalue weighted by Crippen LogP contribution is 2.46. The predicted octanol–water partition coefficient (Wildman–Crippen LogP) is 4.16. The fraction of sp³-hybridized carbons (Fsp3) is 0.435. The highest BCUT2D eigenvalue weighted by Gasteiger charge is 2.33. The zero-order valence-corrected chi connectivity index (χ0v) is 19.9. The maximum absolute atomic E-state index is 13.1. The van der Waals surface area contributed by atoms with Crippen molar-refractivity contribution in [2.45, 2.75) is 26.8 Å². The van der Waals surface area contributed by atoms with Gasteiger partial charge in [0.15, 0.2) is 17.2 Å². The normalized spacial score (nSPS) is 11.5. The third kappa shape index (κ3) is 5.76. The van der Waals surface area contributed by atoms with E-state index in [1.165, 1.54) is 34.5 Å². The Morgan fingerprint density at radius 3 is 2.09 bits per heavy atom. The second-order valence-corrected chi connectivity index (χ2v) is 7.61. The predicted molar refractivity (Wildman–Crippen MR) is 122 cm³/mol. The van der Waals surface area contributed by atoms with E-state index < -0.39 is 22.6 Å². The zero-order valence-electron chi connectivity index (χ0n) is 19.9. The molecule has 180 valence electrons. The molecule has 0 spiro atoms. The number of nitrogens with zero attached hydrogens (tertiary/aromatic N) is 1. The van der Waals surface area contributed by atoms with Crippen LogP contribution < -0.4 is 29.0 Å². The van der Waals surface area contributed by atoms with Crippen molar-refractivity contribution in [2.75, 3.05) is 35.0 Å². The zero-order chi connectivity index (χ0) is 24.7. The highest BCUT2D eigenvalue weighted by atomic mass is 16.6. The molecule has 0 saturated carbocycles. The van der Waals surface area contributed by atoms with E-state index >= 15 is 0 Å². The van der Waals surface area contributed by atoms with Crippen LogP contribution in [0.5, 0.6) is 28.7 Å². The first kappa shape index (κ1) is 25.6. The second kappa shape index (κ2) is 11.3. The van der Waals surface area contributed by atoms with Crippen LogP contribution >= 0.6 is 0 Å². The maximum Gasteiger partial charge on any atom is 0.327 e. The van der Waals surface area contributed by atoms with Gasteiger partial charge in [-0.15, -0.1) is 0 Å². The lowest BCUT2D eigenvalue weighted by molar-refractivity contribution is -0.386. The summed E-state index contributed by atoms with van der Waals surface area (Å²) in [6.45, 7) is 6.37. The summed E-state index contributed by atoms with van der Waals surface area (Å²) in [7, 11) is 5.48. The smallest absolute Gasteiger partial charge is 0.327 e. The van der Waals surface area contributed by atoms with Crippen molar-refractivity contribution in [1.82, 2.24) is 5.32 Å². The summed E-state index contributed by atoms with van der Waals surface area (Å²) in [6, 6.07) is 6.08. The van der Waals surface area contributed by atoms with E-state index in [-0.39, 0.29) is 22.8 Å². The van der Waals surface area contributed by atoms with Crippen molar-refractivity contribution in [3.63, 3.8) is 0 Å². The number of methoxy groups -OCH3 is 4. The van der Waals surface area contributed by atoms with Gasteiger partial charge in [-0.05, 0) is 30.5 Å². The Labute approximate surface area is 192 Å². The molecule has 0 aliphatic heterocycles. The van der Waals surface area contributed by atoms with Gasteiger partial charge in [0.25, 0.3) is 5.91 Å². The van der Waals surface area contributed by atoms with Gasteiger partial charge in [0.1, 0.15) is 5.56 Å². The molecule has 1 unspecified atom stereocenters. The van der Waals surface area contributed by atoms with E-state index in [9.17, 15) is 14.9 Å². The van der Waals surface area contributed by atoms with Gasteiger partial charge in [-0.3, -0.25) is 14.9 Å². The van der Waals surface area contributed by atoms with Gasteiger partial charge in [0.05, 0.1) is 46.0 Å². The van der Waals surface area contributed by atoms with Crippen LogP contribution in [-0.4, -0.2) is 45.9 Å². The fourth-order valence-electron chi connectivity index (χ4n) is 3.18. The Hall–Kier alpha value is -3.69. The molecule has 2 aromatic rings. The summed E-state index contributed by atoms with van der Waals surface area (Å²) < 4.78 is 26.8. The first-order valence-corrected chi connectivity index (χ1v) is 10.3. The molecule has 2 aromatic carbocycles. The number of nitrogens with one attached hydrogen (secondary N) is 1. The molecule has 0 radical (unpaired) electrons. The summed E-state index contributed by atoms with van der Waals surface area (Å²) in [5.74, 6) is 0.744. The molecule has 0 heterocycles. The fourth-order valence-corrected chi connectivity index (χ4v) is 3.18. The van der Waals surface area contributed by atoms with Crippen molar-refractivity contribution in [2.24, 2.45) is 5.92 Å². The van der Waals surface area contributed by atoms with Crippen LogP contribution in [0.3, 0.4) is 0 Å². The van der Waals surface area contributed by atoms with Crippen LogP contribution in [0.2, 0.25) is 0 Å². The van der Waals surface area contributed by atoms with Gasteiger partial charge >= 0.3 is 5.69 Å². The number of nitro groups is 1. The number of hydrogen-bond acceptors (Lipinski definition) is 8. The van der Waals surface area contributed by atoms with E-state index in [1.54, 1.807) is 25.1 Å². The molecule has 0 bridgehead atoms. The van der Waals surface area contributed by atoms with E-state index in [1.807, 2.05) is 13.8 Å². The molecule has 10 heteroatoms. The molecule has 1 atom stereocenters. The van der Waals surface area contributed by atoms with Crippen molar-refractivity contribution < 1.29 is 33.4 Å². The number of nitro benzene ring substituents is 1. The number of hydrogen-bond donors (Lipinski definition) is 1. The first-order chi connectivity index (χ1) is 15.7. The van der Waals surface area contributed by atoms with Crippen LogP contribution in [0.15, 0.2) is 24.3 Å². The number of ether oxygens (including phenoxy) is 5. The van der Waals surface area contributed by atoms with Gasteiger partial charge in [0.2, 0.25) is 11.5 Å². The van der Waals surface area contributed by atoms with Crippen molar-refractivity contribution in [3.05, 3.63) is 45.5 Å². The van der Waals surface area contributed by atoms with E-state index in [0.717, 1.165) is 5.56 Å². The van der Waals surface area contributed by atoms with E-state index in [4.69, 9.17) is 23.7 Å². The van der Waals surface area contributed by atoms with Crippen LogP contribution in [0, 0.1) is 16.0 Å². The summed E-state index contributed by atoms with van der Waals surface area (Å²) in [6.07, 6.45) is 0. The molecular weight excluding hydrogens is 432 g/mol. The lowest BCUT2D eigenvalue weighted by Gasteiger charge is -2.19. The molecule has 0 fully saturated rings. The third-order valence-corrected chi connectivity index (χ3v) is 4.84. The second-order valence-electron chi connectivity index (χ2n) is 7.61. The molecule has 33 heavy (non-hydrogen) atoms. The average molecular weight is 462 g/mol. The van der Waals surface area contributed by atoms with Gasteiger partial charge in [-0.25, -0.2) is 0 Å². The number of benzene rings is 2. The highest BCUT2D eigenvalue weighted by molar-refractivity contribution is 6.00. The standard InChI is InChI=1S/C23H30N2O8/c1-13(2)12-33-17-9-8-15(10-18(17)29-4)14(3)24-23(26)16-11-19(30-5)21(31-6)22(32-7)20(16)25(27)28/h8-11,13-14H,12H2,1-7H3,(H,24,26). The Bertz CT molecular complexity index is 1010. The summed E-state index contributed by atoms with van der Waals surface area (Å²) in [5.41, 5.74) is -0.00717. The maximum atomic E-state index is 13.1. The van der Waals surface area contributed by atoms with Crippen LogP contribution in [0.1, 0.15) is 42.7 Å². The monoisotopic (exact) mass is 462 g/mol. The minimum Gasteiger partial charge on any atom is -0.493 e. The summed E-state index contributed by atoms with van der Waals surface area (Å²) in [5, 5.41) is 14.6. The molecule has 0 aromatic heterocycles. The van der Waals surface area contributed by atoms with Gasteiger partial charge in [-0.1, -0.05) is 19.9 Å². The molecule has 0 aliphatic carbocycles. The molecule has 0 aliphatic rings. The Morgan fingerprint density at radius 1 is 0.939 bits per heavy atom. The van der Waals surface area contributed by atoms with Crippen molar-refractivity contribution >= 4 is 11.6 Å². The molecule has 1 N–H and O–H groups in total. The average Bonchev–Trinajstić information content (AvgIpc) is 2.80. The summed E-state index contributed by atoms with van der Waals surface area (Å²) >= 11 is 0. The minimum atomic E-state index is -0.690. The Balaban J connectivity index is 2.39. The van der Waals surface area contributed by atoms with Crippen LogP contribution in [-0.2, 0) is 0 Å². The van der Waals surface area contributed by atoms with Crippen LogP contribution in [0.4, 0.5) is 5.69 Å². The Kier molecular flexibility index (Phi) is 8.72. The van der Waals surface area contributed by atoms with Gasteiger partial charge in [-0.2, -0.15) is 0 Å². The topological polar surface area (TPSA) is 118 Å². The van der Waals surface area contributed by atoms with Gasteiger partial charge in [0, 0.05) is 6.07 Å². The SMILES string of the molecule is COc1cc(C(C)NC(=O)c2cc(OC)c(OC)c(OC)c2[N+](=O)[O-])ccc1OCC(C)C. The molecule has 2 rings (SSSR count). The minimum absolute atomic E-state index is 0.0259. The van der Waals surface area contributed by atoms with Crippen molar-refractivity contribution in [1.29, 1.82) is 0 Å². The van der Waals surface area contributed by atoms with Gasteiger partial charge < -0.3 is 29.0 Å². The quantitative estimate of drug-likeness (QED) is 0.391. The number of carbonyl (C=O) groups is 1. The molecule has 10 nitrogen and oxygen atoms in total. The number of amides is 1. The van der Waals surface area contributed by atoms with Crippen molar-refractivity contribution in [3.8, 4) is 28.7 Å². The third-order valence-electron chi connectivity index (χ3n) is 4.84. The first-order valence-electron chi connectivity index (χ1n) is 10.3. The molecular formula is C23H30N2O8. The van der Waals surface area contributed by atoms with E-state index in [2.05, 4.69) is 5.32 Å². The lowest BCUT2D eigenvalue weighted by Crippen LogP contribution is -2.27. The Morgan fingerprint density at radius 2 is 1.58 bits per heavy atom. The summed E-state index contributed by atoms with van der Waals surface area (Å²) in [4.78, 5) is 24.2. The largest absolute Gasteiger partial charge is 0.493 e.